The number of methoxy groups -OCH3 is 1. The van der Waals surface area contributed by atoms with Crippen molar-refractivity contribution < 1.29 is 41.3 Å². The molecule has 1 aliphatic heterocycles. The number of nitrogens with zero attached hydrogens (tertiary/aromatic N) is 3. The van der Waals surface area contributed by atoms with E-state index in [1.807, 2.05) is 27.7 Å². The monoisotopic (exact) mass is 744 g/mol. The number of likely N-dealkylation sites (tertiary alicyclic amines) is 1. The molecular formula is C37H52N4O10S. The number of benzene rings is 1. The summed E-state index contributed by atoms with van der Waals surface area (Å²) >= 11 is 0. The van der Waals surface area contributed by atoms with E-state index in [1.165, 1.54) is 18.2 Å². The van der Waals surface area contributed by atoms with Gasteiger partial charge in [-0.15, -0.1) is 0 Å². The summed E-state index contributed by atoms with van der Waals surface area (Å²) in [5, 5.41) is 4.81. The van der Waals surface area contributed by atoms with Crippen LogP contribution in [0.1, 0.15) is 106 Å². The van der Waals surface area contributed by atoms with Gasteiger partial charge in [-0.05, 0) is 76.8 Å². The first-order chi connectivity index (χ1) is 24.0. The van der Waals surface area contributed by atoms with Crippen molar-refractivity contribution in [1.82, 2.24) is 19.4 Å². The Balaban J connectivity index is 1.50. The van der Waals surface area contributed by atoms with Gasteiger partial charge in [0.15, 0.2) is 5.78 Å². The number of ether oxygens (including phenoxy) is 2. The Bertz CT molecular complexity index is 1920. The molecule has 0 spiro atoms. The molecule has 52 heavy (non-hydrogen) atoms. The summed E-state index contributed by atoms with van der Waals surface area (Å²) in [5.41, 5.74) is -3.49. The molecule has 2 heterocycles. The minimum atomic E-state index is -4.42. The molecule has 2 amide bonds. The van der Waals surface area contributed by atoms with Gasteiger partial charge in [-0.25, -0.2) is 8.91 Å². The predicted molar refractivity (Wildman–Crippen MR) is 191 cm³/mol. The maximum Gasteiger partial charge on any atom is 0.362 e. The zero-order chi connectivity index (χ0) is 38.6. The number of fused-ring (bicyclic) bond motifs is 1. The van der Waals surface area contributed by atoms with Gasteiger partial charge in [-0.3, -0.25) is 28.7 Å². The second-order valence-corrected chi connectivity index (χ2v) is 18.2. The lowest BCUT2D eigenvalue weighted by Crippen LogP contribution is -2.48. The van der Waals surface area contributed by atoms with Crippen molar-refractivity contribution >= 4 is 44.8 Å². The number of esters is 1. The van der Waals surface area contributed by atoms with Gasteiger partial charge in [-0.2, -0.15) is 13.5 Å². The van der Waals surface area contributed by atoms with Gasteiger partial charge in [0.05, 0.1) is 54.3 Å². The molecule has 3 aliphatic rings. The van der Waals surface area contributed by atoms with Crippen LogP contribution in [-0.4, -0.2) is 77.6 Å². The summed E-state index contributed by atoms with van der Waals surface area (Å²) in [6.45, 7) is 14.3. The van der Waals surface area contributed by atoms with E-state index >= 15 is 0 Å². The number of amides is 2. The van der Waals surface area contributed by atoms with E-state index in [9.17, 15) is 32.4 Å². The van der Waals surface area contributed by atoms with Crippen molar-refractivity contribution in [3.05, 3.63) is 34.6 Å². The molecule has 286 valence electrons. The number of aromatic nitrogens is 2. The minimum Gasteiger partial charge on any atom is -0.497 e. The third-order valence-electron chi connectivity index (χ3n) is 10.6. The lowest BCUT2D eigenvalue weighted by molar-refractivity contribution is -0.161. The average molecular weight is 745 g/mol. The summed E-state index contributed by atoms with van der Waals surface area (Å²) in [5.74, 6) is -2.85. The fourth-order valence-electron chi connectivity index (χ4n) is 7.31. The van der Waals surface area contributed by atoms with Crippen molar-refractivity contribution in [2.45, 2.75) is 124 Å². The SMILES string of the molecule is CC[C@@H]1C[C@]1(CC(=O)[C@@H]1C[C@@H](n2ncc(=O)c3ccc(OC)cc32)CN1C(=O)[C@@H](CC(=O)OC(C)(C)C)C(C)(C)C)C(=O)NS(=O)(=O)OC1(C)CC1. The van der Waals surface area contributed by atoms with Crippen LogP contribution in [0.2, 0.25) is 0 Å². The maximum absolute atomic E-state index is 14.7. The average Bonchev–Trinajstić information content (AvgIpc) is 3.89. The van der Waals surface area contributed by atoms with Gasteiger partial charge in [0, 0.05) is 24.4 Å². The summed E-state index contributed by atoms with van der Waals surface area (Å²) in [6.07, 6.45) is 2.70. The van der Waals surface area contributed by atoms with Crippen LogP contribution in [0.25, 0.3) is 10.9 Å². The van der Waals surface area contributed by atoms with E-state index < -0.39 is 73.9 Å². The van der Waals surface area contributed by atoms with Crippen LogP contribution in [0.3, 0.4) is 0 Å². The molecule has 0 radical (unpaired) electrons. The van der Waals surface area contributed by atoms with E-state index in [4.69, 9.17) is 13.7 Å². The Kier molecular flexibility index (Phi) is 10.5. The molecule has 3 fully saturated rings. The highest BCUT2D eigenvalue weighted by atomic mass is 32.2. The van der Waals surface area contributed by atoms with Crippen LogP contribution >= 0.6 is 0 Å². The summed E-state index contributed by atoms with van der Waals surface area (Å²) in [7, 11) is -2.92. The number of hydrogen-bond acceptors (Lipinski definition) is 11. The zero-order valence-corrected chi connectivity index (χ0v) is 32.4. The quantitative estimate of drug-likeness (QED) is 0.290. The van der Waals surface area contributed by atoms with Gasteiger partial charge in [-0.1, -0.05) is 34.1 Å². The lowest BCUT2D eigenvalue weighted by Gasteiger charge is -2.35. The highest BCUT2D eigenvalue weighted by Gasteiger charge is 2.62. The molecule has 2 aliphatic carbocycles. The Hall–Kier alpha value is -3.85. The van der Waals surface area contributed by atoms with E-state index in [0.29, 0.717) is 42.3 Å². The first-order valence-electron chi connectivity index (χ1n) is 17.9. The van der Waals surface area contributed by atoms with Crippen molar-refractivity contribution in [3.63, 3.8) is 0 Å². The molecule has 2 aromatic rings. The second-order valence-electron chi connectivity index (χ2n) is 17.0. The highest BCUT2D eigenvalue weighted by molar-refractivity contribution is 7.85. The Labute approximate surface area is 305 Å². The molecule has 2 saturated carbocycles. The topological polar surface area (TPSA) is 180 Å². The van der Waals surface area contributed by atoms with Crippen LogP contribution in [0.15, 0.2) is 29.2 Å². The van der Waals surface area contributed by atoms with Gasteiger partial charge >= 0.3 is 16.3 Å². The molecule has 1 aromatic heterocycles. The third-order valence-corrected chi connectivity index (χ3v) is 11.6. The van der Waals surface area contributed by atoms with Crippen LogP contribution in [0, 0.1) is 22.7 Å². The smallest absolute Gasteiger partial charge is 0.362 e. The molecule has 1 aromatic carbocycles. The minimum absolute atomic E-state index is 0.0233. The third kappa shape index (κ3) is 8.51. The van der Waals surface area contributed by atoms with Crippen LogP contribution in [-0.2, 0) is 38.4 Å². The number of nitrogens with one attached hydrogen (secondary N) is 1. The van der Waals surface area contributed by atoms with Crippen LogP contribution in [0.5, 0.6) is 5.75 Å². The number of Topliss-reactive ketones (excluding diaryl/α,β-unsaturated/α-hetero) is 1. The highest BCUT2D eigenvalue weighted by Crippen LogP contribution is 2.58. The van der Waals surface area contributed by atoms with Crippen molar-refractivity contribution in [2.24, 2.45) is 22.7 Å². The fraction of sp³-hybridized carbons (Fsp3) is 0.676. The maximum atomic E-state index is 14.7. The predicted octanol–water partition coefficient (Wildman–Crippen LogP) is 4.25. The van der Waals surface area contributed by atoms with E-state index in [-0.39, 0.29) is 37.2 Å². The van der Waals surface area contributed by atoms with Crippen LogP contribution in [0.4, 0.5) is 0 Å². The lowest BCUT2D eigenvalue weighted by atomic mass is 9.77. The first-order valence-corrected chi connectivity index (χ1v) is 19.3. The molecule has 5 atom stereocenters. The number of rotatable bonds is 13. The van der Waals surface area contributed by atoms with Gasteiger partial charge < -0.3 is 14.4 Å². The second kappa shape index (κ2) is 13.9. The largest absolute Gasteiger partial charge is 0.497 e. The van der Waals surface area contributed by atoms with E-state index in [2.05, 4.69) is 9.82 Å². The normalized spacial score (nSPS) is 24.6. The Morgan fingerprint density at radius 2 is 1.77 bits per heavy atom. The van der Waals surface area contributed by atoms with Gasteiger partial charge in [0.25, 0.3) is 0 Å². The molecule has 1 saturated heterocycles. The number of carbonyl (C=O) groups is 4. The van der Waals surface area contributed by atoms with Gasteiger partial charge in [0.2, 0.25) is 17.2 Å². The standard InChI is InChI=1S/C37H52N4O10S/c1-10-22-18-37(22,33(46)39-52(47,48)51-36(8)13-14-36)19-29(42)28-15-23(41-27-16-24(49-9)11-12-25(27)30(43)20-38-41)21-40(28)32(45)26(34(2,3)4)17-31(44)50-35(5,6)7/h11-12,16,20,22-23,26,28H,10,13-15,17-19,21H2,1-9H3,(H,39,46)/t22-,23-,26-,28+,37-/m1/s1. The molecule has 0 unspecified atom stereocenters. The van der Waals surface area contributed by atoms with Gasteiger partial charge in [0.1, 0.15) is 11.4 Å². The first kappa shape index (κ1) is 39.4. The zero-order valence-electron chi connectivity index (χ0n) is 31.6. The molecular weight excluding hydrogens is 692 g/mol. The van der Waals surface area contributed by atoms with Crippen molar-refractivity contribution in [1.29, 1.82) is 0 Å². The van der Waals surface area contributed by atoms with E-state index in [1.54, 1.807) is 50.6 Å². The van der Waals surface area contributed by atoms with Crippen molar-refractivity contribution in [2.75, 3.05) is 13.7 Å². The fourth-order valence-corrected chi connectivity index (χ4v) is 8.48. The molecule has 5 rings (SSSR count). The summed E-state index contributed by atoms with van der Waals surface area (Å²) < 4.78 is 45.5. The molecule has 1 N–H and O–H groups in total. The number of hydrogen-bond donors (Lipinski definition) is 1. The van der Waals surface area contributed by atoms with Crippen molar-refractivity contribution in [3.8, 4) is 5.75 Å². The molecule has 14 nitrogen and oxygen atoms in total. The molecule has 0 bridgehead atoms. The van der Waals surface area contributed by atoms with Crippen LogP contribution < -0.4 is 14.9 Å². The Morgan fingerprint density at radius 3 is 2.33 bits per heavy atom. The molecule has 15 heteroatoms. The number of carbonyl (C=O) groups excluding carboxylic acids is 4. The summed E-state index contributed by atoms with van der Waals surface area (Å²) in [6, 6.07) is 3.35. The van der Waals surface area contributed by atoms with E-state index in [0.717, 1.165) is 0 Å². The number of ketones is 1. The summed E-state index contributed by atoms with van der Waals surface area (Å²) in [4.78, 5) is 70.2. The Morgan fingerprint density at radius 1 is 1.10 bits per heavy atom.